The van der Waals surface area contributed by atoms with Gasteiger partial charge in [-0.05, 0) is 31.1 Å². The van der Waals surface area contributed by atoms with Gasteiger partial charge in [-0.2, -0.15) is 4.72 Å². The van der Waals surface area contributed by atoms with E-state index in [0.29, 0.717) is 5.56 Å². The van der Waals surface area contributed by atoms with Gasteiger partial charge in [0.05, 0.1) is 0 Å². The molecule has 24 heavy (non-hydrogen) atoms. The van der Waals surface area contributed by atoms with Crippen molar-refractivity contribution in [2.24, 2.45) is 5.73 Å². The smallest absolute Gasteiger partial charge is 0.243 e. The summed E-state index contributed by atoms with van der Waals surface area (Å²) in [5, 5.41) is 1.03. The lowest BCUT2D eigenvalue weighted by atomic mass is 9.93. The molecule has 3 N–H and O–H groups in total. The number of amides is 1. The number of hydrogen-bond acceptors (Lipinski definition) is 3. The van der Waals surface area contributed by atoms with Crippen LogP contribution in [0.5, 0.6) is 0 Å². The minimum atomic E-state index is -3.87. The number of carbonyl (C=O) groups excluding carboxylic acids is 1. The highest BCUT2D eigenvalue weighted by molar-refractivity contribution is 7.92. The van der Waals surface area contributed by atoms with Crippen LogP contribution in [-0.4, -0.2) is 14.3 Å². The van der Waals surface area contributed by atoms with Gasteiger partial charge in [0.1, 0.15) is 5.54 Å². The highest BCUT2D eigenvalue weighted by atomic mass is 32.2. The second kappa shape index (κ2) is 6.98. The predicted molar refractivity (Wildman–Crippen MR) is 95.3 cm³/mol. The van der Waals surface area contributed by atoms with Crippen molar-refractivity contribution in [2.75, 3.05) is 0 Å². The average Bonchev–Trinajstić information content (AvgIpc) is 2.54. The average molecular weight is 344 g/mol. The molecule has 1 atom stereocenters. The summed E-state index contributed by atoms with van der Waals surface area (Å²) in [5.41, 5.74) is 6.21. The van der Waals surface area contributed by atoms with Gasteiger partial charge < -0.3 is 5.73 Å². The van der Waals surface area contributed by atoms with E-state index in [1.54, 1.807) is 30.3 Å². The van der Waals surface area contributed by atoms with Crippen molar-refractivity contribution in [3.63, 3.8) is 0 Å². The predicted octanol–water partition coefficient (Wildman–Crippen LogP) is 2.29. The van der Waals surface area contributed by atoms with Gasteiger partial charge in [-0.15, -0.1) is 0 Å². The molecular weight excluding hydrogens is 324 g/mol. The molecule has 0 saturated heterocycles. The Hall–Kier alpha value is -2.44. The Balaban J connectivity index is 2.28. The number of aryl methyl sites for hydroxylation is 1. The number of rotatable bonds is 6. The van der Waals surface area contributed by atoms with Crippen molar-refractivity contribution in [2.45, 2.75) is 19.4 Å². The molecule has 5 nitrogen and oxygen atoms in total. The van der Waals surface area contributed by atoms with E-state index >= 15 is 0 Å². The highest BCUT2D eigenvalue weighted by Crippen LogP contribution is 2.21. The molecule has 0 fully saturated rings. The van der Waals surface area contributed by atoms with E-state index < -0.39 is 21.5 Å². The summed E-state index contributed by atoms with van der Waals surface area (Å²) in [4.78, 5) is 11.9. The zero-order valence-electron chi connectivity index (χ0n) is 13.6. The van der Waals surface area contributed by atoms with Crippen LogP contribution in [0.1, 0.15) is 23.6 Å². The molecule has 6 heteroatoms. The molecule has 0 bridgehead atoms. The Morgan fingerprint density at radius 2 is 1.67 bits per heavy atom. The van der Waals surface area contributed by atoms with Crippen LogP contribution in [0.3, 0.4) is 0 Å². The number of benzene rings is 2. The van der Waals surface area contributed by atoms with Gasteiger partial charge in [-0.1, -0.05) is 60.2 Å². The van der Waals surface area contributed by atoms with Gasteiger partial charge >= 0.3 is 0 Å². The lowest BCUT2D eigenvalue weighted by molar-refractivity contribution is -0.123. The maximum atomic E-state index is 12.4. The molecule has 0 unspecified atom stereocenters. The fourth-order valence-electron chi connectivity index (χ4n) is 2.19. The molecule has 0 aliphatic heterocycles. The third kappa shape index (κ3) is 4.31. The summed E-state index contributed by atoms with van der Waals surface area (Å²) in [5.74, 6) is -0.777. The van der Waals surface area contributed by atoms with E-state index in [2.05, 4.69) is 4.72 Å². The molecule has 2 aromatic carbocycles. The number of hydrogen-bond donors (Lipinski definition) is 2. The quantitative estimate of drug-likeness (QED) is 0.842. The van der Waals surface area contributed by atoms with Gasteiger partial charge in [-0.3, -0.25) is 4.79 Å². The molecule has 1 amide bonds. The normalized spacial score (nSPS) is 14.4. The highest BCUT2D eigenvalue weighted by Gasteiger charge is 2.36. The Kier molecular flexibility index (Phi) is 5.21. The van der Waals surface area contributed by atoms with Crippen molar-refractivity contribution in [3.8, 4) is 0 Å². The first-order chi connectivity index (χ1) is 11.2. The summed E-state index contributed by atoms with van der Waals surface area (Å²) in [6.07, 6.45) is 1.47. The van der Waals surface area contributed by atoms with Crippen LogP contribution in [0, 0.1) is 6.92 Å². The fourth-order valence-corrected chi connectivity index (χ4v) is 3.38. The molecule has 0 aromatic heterocycles. The van der Waals surface area contributed by atoms with Crippen molar-refractivity contribution in [3.05, 3.63) is 76.7 Å². The molecule has 0 heterocycles. The van der Waals surface area contributed by atoms with E-state index in [1.165, 1.54) is 13.0 Å². The standard InChI is InChI=1S/C18H20N2O3S/c1-14-8-10-15(11-9-14)12-13-24(22,23)20-18(2,17(19)21)16-6-4-3-5-7-16/h3-13,20H,1-2H3,(H2,19,21)/b13-12-/t18-/m0/s1. The molecule has 0 aliphatic rings. The van der Waals surface area contributed by atoms with Crippen LogP contribution in [0.4, 0.5) is 0 Å². The van der Waals surface area contributed by atoms with Crippen LogP contribution in [0.25, 0.3) is 6.08 Å². The van der Waals surface area contributed by atoms with Crippen LogP contribution in [0.15, 0.2) is 60.0 Å². The summed E-state index contributed by atoms with van der Waals surface area (Å²) in [6, 6.07) is 15.9. The maximum Gasteiger partial charge on any atom is 0.243 e. The Morgan fingerprint density at radius 1 is 1.08 bits per heavy atom. The lowest BCUT2D eigenvalue weighted by Crippen LogP contribution is -2.52. The molecule has 2 aromatic rings. The van der Waals surface area contributed by atoms with Crippen LogP contribution < -0.4 is 10.5 Å². The third-order valence-electron chi connectivity index (χ3n) is 3.71. The number of carbonyl (C=O) groups is 1. The van der Waals surface area contributed by atoms with Crippen LogP contribution in [-0.2, 0) is 20.4 Å². The Morgan fingerprint density at radius 3 is 2.21 bits per heavy atom. The third-order valence-corrected chi connectivity index (χ3v) is 4.89. The number of sulfonamides is 1. The fraction of sp³-hybridized carbons (Fsp3) is 0.167. The second-order valence-corrected chi connectivity index (χ2v) is 7.28. The number of nitrogens with one attached hydrogen (secondary N) is 1. The molecule has 0 saturated carbocycles. The molecular formula is C18H20N2O3S. The monoisotopic (exact) mass is 344 g/mol. The topological polar surface area (TPSA) is 89.3 Å². The minimum Gasteiger partial charge on any atom is -0.368 e. The minimum absolute atomic E-state index is 0.477. The van der Waals surface area contributed by atoms with Gasteiger partial charge in [0.25, 0.3) is 0 Å². The van der Waals surface area contributed by atoms with Crippen molar-refractivity contribution < 1.29 is 13.2 Å². The lowest BCUT2D eigenvalue weighted by Gasteiger charge is -2.26. The van der Waals surface area contributed by atoms with E-state index in [9.17, 15) is 13.2 Å². The second-order valence-electron chi connectivity index (χ2n) is 5.72. The largest absolute Gasteiger partial charge is 0.368 e. The number of nitrogens with two attached hydrogens (primary N) is 1. The number of primary amides is 1. The Bertz CT molecular complexity index is 844. The zero-order chi connectivity index (χ0) is 17.8. The molecule has 0 aliphatic carbocycles. The van der Waals surface area contributed by atoms with Crippen molar-refractivity contribution in [1.82, 2.24) is 4.72 Å². The molecule has 2 rings (SSSR count). The maximum absolute atomic E-state index is 12.4. The summed E-state index contributed by atoms with van der Waals surface area (Å²) in [6.45, 7) is 3.39. The first-order valence-corrected chi connectivity index (χ1v) is 8.92. The van der Waals surface area contributed by atoms with Crippen LogP contribution >= 0.6 is 0 Å². The van der Waals surface area contributed by atoms with Gasteiger partial charge in [-0.25, -0.2) is 8.42 Å². The van der Waals surface area contributed by atoms with E-state index in [0.717, 1.165) is 16.5 Å². The SMILES string of the molecule is Cc1ccc(/C=C\S(=O)(=O)N[C@](C)(C(N)=O)c2ccccc2)cc1. The van der Waals surface area contributed by atoms with Crippen molar-refractivity contribution in [1.29, 1.82) is 0 Å². The zero-order valence-corrected chi connectivity index (χ0v) is 14.4. The van der Waals surface area contributed by atoms with Gasteiger partial charge in [0.15, 0.2) is 0 Å². The van der Waals surface area contributed by atoms with E-state index in [4.69, 9.17) is 5.73 Å². The first-order valence-electron chi connectivity index (χ1n) is 7.37. The molecule has 0 radical (unpaired) electrons. The summed E-state index contributed by atoms with van der Waals surface area (Å²) < 4.78 is 27.1. The summed E-state index contributed by atoms with van der Waals surface area (Å²) >= 11 is 0. The summed E-state index contributed by atoms with van der Waals surface area (Å²) in [7, 11) is -3.87. The van der Waals surface area contributed by atoms with E-state index in [-0.39, 0.29) is 0 Å². The van der Waals surface area contributed by atoms with Gasteiger partial charge in [0.2, 0.25) is 15.9 Å². The Labute approximate surface area is 142 Å². The van der Waals surface area contributed by atoms with E-state index in [1.807, 2.05) is 31.2 Å². The molecule has 0 spiro atoms. The van der Waals surface area contributed by atoms with Crippen molar-refractivity contribution >= 4 is 22.0 Å². The van der Waals surface area contributed by atoms with Crippen LogP contribution in [0.2, 0.25) is 0 Å². The molecule has 126 valence electrons. The first kappa shape index (κ1) is 17.9. The van der Waals surface area contributed by atoms with Gasteiger partial charge in [0, 0.05) is 5.41 Å².